The highest BCUT2D eigenvalue weighted by Crippen LogP contribution is 2.13. The maximum Gasteiger partial charge on any atom is 0.0991 e. The number of nitriles is 1. The molecule has 0 saturated heterocycles. The first kappa shape index (κ1) is 10.4. The van der Waals surface area contributed by atoms with Crippen molar-refractivity contribution in [3.8, 4) is 6.07 Å². The van der Waals surface area contributed by atoms with Crippen molar-refractivity contribution in [1.82, 2.24) is 9.97 Å². The lowest BCUT2D eigenvalue weighted by Gasteiger charge is -2.09. The smallest absolute Gasteiger partial charge is 0.0991 e. The summed E-state index contributed by atoms with van der Waals surface area (Å²) in [5.74, 6) is 0. The Balaban J connectivity index is 2.07. The van der Waals surface area contributed by atoms with Gasteiger partial charge in [0, 0.05) is 6.20 Å². The van der Waals surface area contributed by atoms with Gasteiger partial charge in [-0.1, -0.05) is 12.1 Å². The Kier molecular flexibility index (Phi) is 2.99. The molecule has 2 aromatic rings. The topological polar surface area (TPSA) is 78.5 Å². The number of hydrogen-bond acceptors (Lipinski definition) is 3. The zero-order chi connectivity index (χ0) is 11.4. The number of hydrogen-bond donors (Lipinski definition) is 2. The Bertz CT molecular complexity index is 479. The lowest BCUT2D eigenvalue weighted by molar-refractivity contribution is 0.701. The lowest BCUT2D eigenvalue weighted by atomic mass is 10.0. The molecule has 0 aliphatic heterocycles. The highest BCUT2D eigenvalue weighted by molar-refractivity contribution is 5.32. The molecule has 0 amide bonds. The van der Waals surface area contributed by atoms with Crippen molar-refractivity contribution in [2.24, 2.45) is 5.73 Å². The molecule has 1 heterocycles. The van der Waals surface area contributed by atoms with Gasteiger partial charge in [0.25, 0.3) is 0 Å². The van der Waals surface area contributed by atoms with Crippen LogP contribution in [0.5, 0.6) is 0 Å². The van der Waals surface area contributed by atoms with E-state index in [2.05, 4.69) is 16.0 Å². The summed E-state index contributed by atoms with van der Waals surface area (Å²) in [6, 6.07) is 9.45. The van der Waals surface area contributed by atoms with Crippen LogP contribution >= 0.6 is 0 Å². The predicted octanol–water partition coefficient (Wildman–Crippen LogP) is 1.52. The third-order valence-corrected chi connectivity index (χ3v) is 2.46. The number of H-pyrrole nitrogens is 1. The molecule has 0 bridgehead atoms. The van der Waals surface area contributed by atoms with Gasteiger partial charge in [-0.25, -0.2) is 4.98 Å². The quantitative estimate of drug-likeness (QED) is 0.809. The number of imidazole rings is 1. The van der Waals surface area contributed by atoms with E-state index in [0.29, 0.717) is 5.56 Å². The van der Waals surface area contributed by atoms with Crippen molar-refractivity contribution < 1.29 is 0 Å². The first-order chi connectivity index (χ1) is 7.79. The fourth-order valence-electron chi connectivity index (χ4n) is 1.55. The van der Waals surface area contributed by atoms with Gasteiger partial charge in [0.15, 0.2) is 0 Å². The van der Waals surface area contributed by atoms with Gasteiger partial charge in [0.1, 0.15) is 0 Å². The lowest BCUT2D eigenvalue weighted by Crippen LogP contribution is -2.13. The minimum atomic E-state index is -0.0876. The van der Waals surface area contributed by atoms with Gasteiger partial charge in [-0.3, -0.25) is 0 Å². The fourth-order valence-corrected chi connectivity index (χ4v) is 1.55. The van der Waals surface area contributed by atoms with E-state index in [-0.39, 0.29) is 6.04 Å². The van der Waals surface area contributed by atoms with Crippen LogP contribution in [0.3, 0.4) is 0 Å². The maximum atomic E-state index is 8.67. The van der Waals surface area contributed by atoms with Gasteiger partial charge in [0.2, 0.25) is 0 Å². The molecule has 0 spiro atoms. The monoisotopic (exact) mass is 212 g/mol. The van der Waals surface area contributed by atoms with Crippen molar-refractivity contribution in [2.75, 3.05) is 0 Å². The van der Waals surface area contributed by atoms with Crippen molar-refractivity contribution in [2.45, 2.75) is 12.5 Å². The summed E-state index contributed by atoms with van der Waals surface area (Å²) in [6.07, 6.45) is 4.08. The van der Waals surface area contributed by atoms with E-state index in [0.717, 1.165) is 17.7 Å². The average molecular weight is 212 g/mol. The molecule has 1 atom stereocenters. The van der Waals surface area contributed by atoms with Gasteiger partial charge in [-0.15, -0.1) is 0 Å². The number of rotatable bonds is 3. The number of nitrogens with one attached hydrogen (secondary N) is 1. The van der Waals surface area contributed by atoms with Crippen LogP contribution in [0.4, 0.5) is 0 Å². The van der Waals surface area contributed by atoms with Crippen LogP contribution < -0.4 is 5.73 Å². The first-order valence-corrected chi connectivity index (χ1v) is 5.02. The van der Waals surface area contributed by atoms with Gasteiger partial charge >= 0.3 is 0 Å². The summed E-state index contributed by atoms with van der Waals surface area (Å²) in [4.78, 5) is 6.92. The van der Waals surface area contributed by atoms with Gasteiger partial charge in [-0.2, -0.15) is 5.26 Å². The molecule has 1 aromatic heterocycles. The van der Waals surface area contributed by atoms with E-state index < -0.39 is 0 Å². The van der Waals surface area contributed by atoms with Crippen LogP contribution in [0, 0.1) is 11.3 Å². The fraction of sp³-hybridized carbons (Fsp3) is 0.167. The Morgan fingerprint density at radius 2 is 2.12 bits per heavy atom. The van der Waals surface area contributed by atoms with Crippen LogP contribution in [0.25, 0.3) is 0 Å². The summed E-state index contributed by atoms with van der Waals surface area (Å²) < 4.78 is 0. The van der Waals surface area contributed by atoms with Gasteiger partial charge in [0.05, 0.1) is 29.7 Å². The van der Waals surface area contributed by atoms with Gasteiger partial charge in [-0.05, 0) is 24.1 Å². The number of benzene rings is 1. The maximum absolute atomic E-state index is 8.67. The number of aromatic nitrogens is 2. The largest absolute Gasteiger partial charge is 0.347 e. The molecule has 1 aromatic carbocycles. The molecular formula is C12H12N4. The van der Waals surface area contributed by atoms with E-state index in [1.54, 1.807) is 24.7 Å². The van der Waals surface area contributed by atoms with Crippen LogP contribution in [-0.4, -0.2) is 9.97 Å². The summed E-state index contributed by atoms with van der Waals surface area (Å²) in [5.41, 5.74) is 8.70. The number of aromatic amines is 1. The second-order valence-electron chi connectivity index (χ2n) is 3.63. The Hall–Kier alpha value is -2.12. The van der Waals surface area contributed by atoms with Gasteiger partial charge < -0.3 is 10.7 Å². The van der Waals surface area contributed by atoms with Crippen LogP contribution in [0.15, 0.2) is 36.8 Å². The molecule has 0 fully saturated rings. The minimum absolute atomic E-state index is 0.0876. The molecule has 4 nitrogen and oxygen atoms in total. The first-order valence-electron chi connectivity index (χ1n) is 5.02. The Morgan fingerprint density at radius 1 is 1.38 bits per heavy atom. The highest BCUT2D eigenvalue weighted by Gasteiger charge is 2.07. The molecule has 2 rings (SSSR count). The molecule has 0 aliphatic carbocycles. The zero-order valence-corrected chi connectivity index (χ0v) is 8.72. The molecule has 0 aliphatic rings. The van der Waals surface area contributed by atoms with Crippen molar-refractivity contribution >= 4 is 0 Å². The third-order valence-electron chi connectivity index (χ3n) is 2.46. The summed E-state index contributed by atoms with van der Waals surface area (Å²) in [5, 5.41) is 8.67. The molecular weight excluding hydrogens is 200 g/mol. The van der Waals surface area contributed by atoms with E-state index in [4.69, 9.17) is 11.0 Å². The molecule has 3 N–H and O–H groups in total. The average Bonchev–Trinajstić information content (AvgIpc) is 2.83. The second kappa shape index (κ2) is 4.60. The molecule has 0 radical (unpaired) electrons. The highest BCUT2D eigenvalue weighted by atomic mass is 14.9. The molecule has 0 saturated carbocycles. The Morgan fingerprint density at radius 3 is 2.69 bits per heavy atom. The van der Waals surface area contributed by atoms with E-state index in [1.165, 1.54) is 0 Å². The normalized spacial score (nSPS) is 12.0. The third kappa shape index (κ3) is 2.27. The zero-order valence-electron chi connectivity index (χ0n) is 8.72. The summed E-state index contributed by atoms with van der Waals surface area (Å²) in [7, 11) is 0. The SMILES string of the molecule is N#Cc1ccc(CC(N)c2cnc[nH]2)cc1. The minimum Gasteiger partial charge on any atom is -0.347 e. The second-order valence-corrected chi connectivity index (χ2v) is 3.63. The standard InChI is InChI=1S/C12H12N4/c13-6-10-3-1-9(2-4-10)5-11(14)12-7-15-8-16-12/h1-4,7-8,11H,5,14H2,(H,15,16). The summed E-state index contributed by atoms with van der Waals surface area (Å²) in [6.45, 7) is 0. The van der Waals surface area contributed by atoms with Crippen LogP contribution in [0.2, 0.25) is 0 Å². The van der Waals surface area contributed by atoms with Crippen molar-refractivity contribution in [1.29, 1.82) is 5.26 Å². The molecule has 80 valence electrons. The molecule has 1 unspecified atom stereocenters. The Labute approximate surface area is 93.7 Å². The van der Waals surface area contributed by atoms with E-state index in [1.807, 2.05) is 12.1 Å². The van der Waals surface area contributed by atoms with Crippen molar-refractivity contribution in [3.63, 3.8) is 0 Å². The summed E-state index contributed by atoms with van der Waals surface area (Å²) >= 11 is 0. The predicted molar refractivity (Wildman–Crippen MR) is 60.4 cm³/mol. The molecule has 16 heavy (non-hydrogen) atoms. The van der Waals surface area contributed by atoms with Crippen LogP contribution in [0.1, 0.15) is 22.9 Å². The number of nitrogens with two attached hydrogens (primary N) is 1. The van der Waals surface area contributed by atoms with E-state index >= 15 is 0 Å². The van der Waals surface area contributed by atoms with Crippen molar-refractivity contribution in [3.05, 3.63) is 53.6 Å². The number of nitrogens with zero attached hydrogens (tertiary/aromatic N) is 2. The van der Waals surface area contributed by atoms with E-state index in [9.17, 15) is 0 Å². The molecule has 4 heteroatoms. The van der Waals surface area contributed by atoms with Crippen LogP contribution in [-0.2, 0) is 6.42 Å².